The van der Waals surface area contributed by atoms with E-state index in [1.807, 2.05) is 24.4 Å². The van der Waals surface area contributed by atoms with Crippen LogP contribution in [-0.2, 0) is 6.54 Å². The van der Waals surface area contributed by atoms with E-state index in [2.05, 4.69) is 20.9 Å². The van der Waals surface area contributed by atoms with Crippen molar-refractivity contribution in [2.24, 2.45) is 0 Å². The first-order chi connectivity index (χ1) is 11.7. The molecule has 7 nitrogen and oxygen atoms in total. The van der Waals surface area contributed by atoms with E-state index in [9.17, 15) is 9.59 Å². The van der Waals surface area contributed by atoms with Gasteiger partial charge in [-0.3, -0.25) is 30.1 Å². The Morgan fingerprint density at radius 3 is 2.29 bits per heavy atom. The van der Waals surface area contributed by atoms with Gasteiger partial charge in [0.05, 0.1) is 12.1 Å². The van der Waals surface area contributed by atoms with Crippen molar-refractivity contribution in [2.75, 3.05) is 0 Å². The maximum absolute atomic E-state index is 12.0. The fraction of sp³-hybridized carbons (Fsp3) is 0.0588. The Bertz CT molecular complexity index is 814. The summed E-state index contributed by atoms with van der Waals surface area (Å²) in [6.07, 6.45) is 6.58. The number of rotatable bonds is 4. The van der Waals surface area contributed by atoms with E-state index in [0.717, 1.165) is 5.56 Å². The average molecular weight is 321 g/mol. The summed E-state index contributed by atoms with van der Waals surface area (Å²) in [6, 6.07) is 12.2. The Kier molecular flexibility index (Phi) is 4.62. The summed E-state index contributed by atoms with van der Waals surface area (Å²) in [4.78, 5) is 27.7. The van der Waals surface area contributed by atoms with Gasteiger partial charge in [0.25, 0.3) is 11.8 Å². The monoisotopic (exact) mass is 321 g/mol. The van der Waals surface area contributed by atoms with Gasteiger partial charge in [-0.05, 0) is 35.9 Å². The molecule has 3 aromatic rings. The lowest BCUT2D eigenvalue weighted by atomic mass is 10.1. The van der Waals surface area contributed by atoms with Crippen LogP contribution in [0.5, 0.6) is 0 Å². The molecule has 0 bridgehead atoms. The first-order valence-corrected chi connectivity index (χ1v) is 7.29. The van der Waals surface area contributed by atoms with E-state index in [0.29, 0.717) is 17.7 Å². The Morgan fingerprint density at radius 2 is 1.67 bits per heavy atom. The van der Waals surface area contributed by atoms with Crippen molar-refractivity contribution in [3.63, 3.8) is 0 Å². The van der Waals surface area contributed by atoms with Crippen LogP contribution in [0, 0.1) is 0 Å². The smallest absolute Gasteiger partial charge is 0.268 e. The molecule has 0 aliphatic heterocycles. The first kappa shape index (κ1) is 15.4. The molecule has 0 aliphatic carbocycles. The van der Waals surface area contributed by atoms with Gasteiger partial charge >= 0.3 is 0 Å². The predicted octanol–water partition coefficient (Wildman–Crippen LogP) is 1.40. The van der Waals surface area contributed by atoms with E-state index in [4.69, 9.17) is 0 Å². The molecule has 2 amide bonds. The molecule has 7 heteroatoms. The van der Waals surface area contributed by atoms with Gasteiger partial charge in [0, 0.05) is 30.4 Å². The molecular weight excluding hydrogens is 306 g/mol. The number of nitrogens with zero attached hydrogens (tertiary/aromatic N) is 3. The molecule has 0 radical (unpaired) electrons. The molecule has 0 spiro atoms. The lowest BCUT2D eigenvalue weighted by Gasteiger charge is -2.08. The highest BCUT2D eigenvalue weighted by molar-refractivity contribution is 5.98. The lowest BCUT2D eigenvalue weighted by Crippen LogP contribution is -2.41. The molecular formula is C17H15N5O2. The molecule has 1 aromatic carbocycles. The molecule has 3 rings (SSSR count). The largest absolute Gasteiger partial charge is 0.271 e. The molecule has 120 valence electrons. The number of nitrogens with one attached hydrogen (secondary N) is 2. The zero-order valence-corrected chi connectivity index (χ0v) is 12.7. The number of amides is 2. The summed E-state index contributed by atoms with van der Waals surface area (Å²) in [6.45, 7) is 0.632. The molecule has 0 unspecified atom stereocenters. The van der Waals surface area contributed by atoms with Crippen LogP contribution in [0.1, 0.15) is 26.3 Å². The Labute approximate surface area is 138 Å². The van der Waals surface area contributed by atoms with Crippen molar-refractivity contribution < 1.29 is 9.59 Å². The molecule has 0 saturated heterocycles. The third kappa shape index (κ3) is 3.83. The summed E-state index contributed by atoms with van der Waals surface area (Å²) in [5.41, 5.74) is 6.57. The van der Waals surface area contributed by atoms with Crippen LogP contribution in [0.2, 0.25) is 0 Å². The van der Waals surface area contributed by atoms with Crippen LogP contribution >= 0.6 is 0 Å². The van der Waals surface area contributed by atoms with Crippen LogP contribution in [0.3, 0.4) is 0 Å². The van der Waals surface area contributed by atoms with Gasteiger partial charge in [0.1, 0.15) is 0 Å². The highest BCUT2D eigenvalue weighted by Gasteiger charge is 2.09. The number of aromatic nitrogens is 3. The van der Waals surface area contributed by atoms with Gasteiger partial charge in [-0.15, -0.1) is 0 Å². The highest BCUT2D eigenvalue weighted by atomic mass is 16.2. The highest BCUT2D eigenvalue weighted by Crippen LogP contribution is 2.06. The maximum atomic E-state index is 12.0. The van der Waals surface area contributed by atoms with Gasteiger partial charge in [0.2, 0.25) is 0 Å². The van der Waals surface area contributed by atoms with Crippen molar-refractivity contribution >= 4 is 11.8 Å². The minimum Gasteiger partial charge on any atom is -0.268 e. The van der Waals surface area contributed by atoms with Gasteiger partial charge in [-0.25, -0.2) is 0 Å². The van der Waals surface area contributed by atoms with Gasteiger partial charge in [-0.2, -0.15) is 5.10 Å². The number of pyridine rings is 1. The molecule has 0 fully saturated rings. The van der Waals surface area contributed by atoms with Gasteiger partial charge in [-0.1, -0.05) is 12.1 Å². The third-order valence-corrected chi connectivity index (χ3v) is 3.33. The number of carbonyl (C=O) groups is 2. The van der Waals surface area contributed by atoms with Crippen LogP contribution in [0.4, 0.5) is 0 Å². The number of benzene rings is 1. The van der Waals surface area contributed by atoms with Gasteiger partial charge < -0.3 is 0 Å². The first-order valence-electron chi connectivity index (χ1n) is 7.29. The van der Waals surface area contributed by atoms with E-state index in [1.54, 1.807) is 41.3 Å². The van der Waals surface area contributed by atoms with Crippen molar-refractivity contribution in [2.45, 2.75) is 6.54 Å². The van der Waals surface area contributed by atoms with E-state index in [-0.39, 0.29) is 0 Å². The normalized spacial score (nSPS) is 10.2. The van der Waals surface area contributed by atoms with Crippen LogP contribution in [-0.4, -0.2) is 26.6 Å². The van der Waals surface area contributed by atoms with Crippen molar-refractivity contribution in [1.29, 1.82) is 0 Å². The molecule has 2 aromatic heterocycles. The Hall–Kier alpha value is -3.48. The Morgan fingerprint density at radius 1 is 0.917 bits per heavy atom. The second-order valence-electron chi connectivity index (χ2n) is 5.05. The minimum absolute atomic E-state index is 0.368. The van der Waals surface area contributed by atoms with E-state index in [1.165, 1.54) is 6.20 Å². The summed E-state index contributed by atoms with van der Waals surface area (Å²) in [5, 5.41) is 4.13. The second kappa shape index (κ2) is 7.19. The predicted molar refractivity (Wildman–Crippen MR) is 86.9 cm³/mol. The quantitative estimate of drug-likeness (QED) is 0.711. The van der Waals surface area contributed by atoms with Crippen LogP contribution in [0.15, 0.2) is 67.3 Å². The van der Waals surface area contributed by atoms with E-state index >= 15 is 0 Å². The number of hydrazine groups is 1. The number of hydrogen-bond donors (Lipinski definition) is 2. The van der Waals surface area contributed by atoms with Crippen molar-refractivity contribution in [3.05, 3.63) is 83.9 Å². The lowest BCUT2D eigenvalue weighted by molar-refractivity contribution is 0.0846. The zero-order valence-electron chi connectivity index (χ0n) is 12.7. The fourth-order valence-electron chi connectivity index (χ4n) is 2.10. The van der Waals surface area contributed by atoms with Crippen LogP contribution < -0.4 is 10.9 Å². The summed E-state index contributed by atoms with van der Waals surface area (Å²) in [5.74, 6) is -0.815. The van der Waals surface area contributed by atoms with Crippen LogP contribution in [0.25, 0.3) is 0 Å². The minimum atomic E-state index is -0.424. The Balaban J connectivity index is 1.56. The number of hydrogen-bond acceptors (Lipinski definition) is 4. The molecule has 2 N–H and O–H groups in total. The molecule has 0 saturated carbocycles. The molecule has 0 atom stereocenters. The maximum Gasteiger partial charge on any atom is 0.271 e. The second-order valence-corrected chi connectivity index (χ2v) is 5.05. The molecule has 24 heavy (non-hydrogen) atoms. The molecule has 0 aliphatic rings. The van der Waals surface area contributed by atoms with E-state index < -0.39 is 11.8 Å². The standard InChI is InChI=1S/C17H15N5O2/c23-16(20-21-17(24)15-3-1-8-18-11-15)14-6-4-13(5-7-14)12-22-10-2-9-19-22/h1-11H,12H2,(H,20,23)(H,21,24). The van der Waals surface area contributed by atoms with Crippen molar-refractivity contribution in [3.8, 4) is 0 Å². The number of carbonyl (C=O) groups excluding carboxylic acids is 2. The molecule has 2 heterocycles. The zero-order chi connectivity index (χ0) is 16.8. The topological polar surface area (TPSA) is 88.9 Å². The summed E-state index contributed by atoms with van der Waals surface area (Å²) >= 11 is 0. The third-order valence-electron chi connectivity index (χ3n) is 3.33. The summed E-state index contributed by atoms with van der Waals surface area (Å²) < 4.78 is 1.79. The van der Waals surface area contributed by atoms with Gasteiger partial charge in [0.15, 0.2) is 0 Å². The van der Waals surface area contributed by atoms with Crippen molar-refractivity contribution in [1.82, 2.24) is 25.6 Å². The fourth-order valence-corrected chi connectivity index (χ4v) is 2.10. The average Bonchev–Trinajstić information content (AvgIpc) is 3.14. The summed E-state index contributed by atoms with van der Waals surface area (Å²) in [7, 11) is 0. The SMILES string of the molecule is O=C(NNC(=O)c1cccnc1)c1ccc(Cn2cccn2)cc1.